The highest BCUT2D eigenvalue weighted by atomic mass is 32.1. The molecule has 3 nitrogen and oxygen atoms in total. The molecular formula is C14H13N3S. The summed E-state index contributed by atoms with van der Waals surface area (Å²) < 4.78 is 0. The Morgan fingerprint density at radius 3 is 2.89 bits per heavy atom. The first-order valence-electron chi connectivity index (χ1n) is 5.68. The van der Waals surface area contributed by atoms with Gasteiger partial charge in [-0.3, -0.25) is 4.98 Å². The molecule has 0 aliphatic heterocycles. The van der Waals surface area contributed by atoms with Gasteiger partial charge in [0.05, 0.1) is 0 Å². The van der Waals surface area contributed by atoms with E-state index in [0.717, 1.165) is 33.5 Å². The minimum Gasteiger partial charge on any atom is -0.398 e. The van der Waals surface area contributed by atoms with Crippen LogP contribution in [0.1, 0.15) is 5.69 Å². The summed E-state index contributed by atoms with van der Waals surface area (Å²) in [5.41, 5.74) is 9.88. The van der Waals surface area contributed by atoms with E-state index in [1.165, 1.54) is 0 Å². The Bertz CT molecular complexity index is 690. The largest absolute Gasteiger partial charge is 0.398 e. The Morgan fingerprint density at radius 2 is 2.11 bits per heavy atom. The standard InChI is InChI=1S/C14H13N3S/c1-9-6-11-12(7-16-9)13(15)2-3-14(11)17-10-4-5-18-8-10/h2-8,17H,15H2,1H3. The van der Waals surface area contributed by atoms with Crippen molar-refractivity contribution in [1.82, 2.24) is 4.98 Å². The van der Waals surface area contributed by atoms with E-state index in [-0.39, 0.29) is 0 Å². The summed E-state index contributed by atoms with van der Waals surface area (Å²) in [4.78, 5) is 4.30. The van der Waals surface area contributed by atoms with Crippen LogP contribution in [0.4, 0.5) is 17.1 Å². The monoisotopic (exact) mass is 255 g/mol. The third-order valence-electron chi connectivity index (χ3n) is 2.87. The Kier molecular flexibility index (Phi) is 2.64. The van der Waals surface area contributed by atoms with Crippen molar-refractivity contribution >= 4 is 39.2 Å². The van der Waals surface area contributed by atoms with Gasteiger partial charge in [-0.15, -0.1) is 0 Å². The Balaban J connectivity index is 2.17. The van der Waals surface area contributed by atoms with Crippen LogP contribution in [-0.4, -0.2) is 4.98 Å². The van der Waals surface area contributed by atoms with Crippen LogP contribution in [0.3, 0.4) is 0 Å². The van der Waals surface area contributed by atoms with Crippen molar-refractivity contribution in [1.29, 1.82) is 0 Å². The first-order chi connectivity index (χ1) is 8.74. The predicted molar refractivity (Wildman–Crippen MR) is 78.5 cm³/mol. The lowest BCUT2D eigenvalue weighted by molar-refractivity contribution is 1.22. The van der Waals surface area contributed by atoms with Crippen LogP contribution < -0.4 is 11.1 Å². The van der Waals surface area contributed by atoms with Crippen LogP contribution in [0.5, 0.6) is 0 Å². The number of benzene rings is 1. The Morgan fingerprint density at radius 1 is 1.22 bits per heavy atom. The Labute approximate surface area is 109 Å². The molecule has 3 rings (SSSR count). The minimum atomic E-state index is 0.758. The molecule has 2 heterocycles. The molecule has 0 fully saturated rings. The van der Waals surface area contributed by atoms with Crippen LogP contribution in [-0.2, 0) is 0 Å². The first-order valence-corrected chi connectivity index (χ1v) is 6.62. The molecule has 0 atom stereocenters. The summed E-state index contributed by atoms with van der Waals surface area (Å²) in [5, 5.41) is 9.63. The summed E-state index contributed by atoms with van der Waals surface area (Å²) in [7, 11) is 0. The van der Waals surface area contributed by atoms with Crippen LogP contribution >= 0.6 is 11.3 Å². The number of nitrogens with one attached hydrogen (secondary N) is 1. The molecule has 0 saturated carbocycles. The summed E-state index contributed by atoms with van der Waals surface area (Å²) in [6, 6.07) is 8.03. The minimum absolute atomic E-state index is 0.758. The van der Waals surface area contributed by atoms with Crippen LogP contribution in [0.15, 0.2) is 41.2 Å². The number of nitrogens with zero attached hydrogens (tertiary/aromatic N) is 1. The van der Waals surface area contributed by atoms with Gasteiger partial charge >= 0.3 is 0 Å². The quantitative estimate of drug-likeness (QED) is 0.682. The van der Waals surface area contributed by atoms with Gasteiger partial charge in [0.1, 0.15) is 0 Å². The molecule has 0 amide bonds. The number of nitrogen functional groups attached to an aromatic ring is 1. The van der Waals surface area contributed by atoms with Gasteiger partial charge in [-0.25, -0.2) is 0 Å². The molecule has 18 heavy (non-hydrogen) atoms. The van der Waals surface area contributed by atoms with Gasteiger partial charge in [0, 0.05) is 45.1 Å². The second kappa shape index (κ2) is 4.31. The van der Waals surface area contributed by atoms with E-state index < -0.39 is 0 Å². The topological polar surface area (TPSA) is 50.9 Å². The van der Waals surface area contributed by atoms with Gasteiger partial charge < -0.3 is 11.1 Å². The molecule has 0 saturated heterocycles. The Hall–Kier alpha value is -2.07. The van der Waals surface area contributed by atoms with Crippen LogP contribution in [0, 0.1) is 6.92 Å². The lowest BCUT2D eigenvalue weighted by atomic mass is 10.1. The molecule has 3 aromatic rings. The molecular weight excluding hydrogens is 242 g/mol. The molecule has 4 heteroatoms. The molecule has 0 aliphatic carbocycles. The third kappa shape index (κ3) is 1.91. The van der Waals surface area contributed by atoms with Crippen LogP contribution in [0.25, 0.3) is 10.8 Å². The highest BCUT2D eigenvalue weighted by Gasteiger charge is 2.05. The molecule has 0 aliphatic rings. The summed E-state index contributed by atoms with van der Waals surface area (Å²) >= 11 is 1.67. The maximum Gasteiger partial charge on any atom is 0.0493 e. The number of hydrogen-bond acceptors (Lipinski definition) is 4. The van der Waals surface area contributed by atoms with Gasteiger partial charge in [-0.05, 0) is 36.6 Å². The predicted octanol–water partition coefficient (Wildman–Crippen LogP) is 3.93. The maximum atomic E-state index is 5.98. The van der Waals surface area contributed by atoms with E-state index in [2.05, 4.69) is 33.2 Å². The van der Waals surface area contributed by atoms with Crippen LogP contribution in [0.2, 0.25) is 0 Å². The number of rotatable bonds is 2. The lowest BCUT2D eigenvalue weighted by Crippen LogP contribution is -1.94. The van der Waals surface area contributed by atoms with E-state index in [1.807, 2.05) is 25.3 Å². The van der Waals surface area contributed by atoms with Crippen molar-refractivity contribution in [3.8, 4) is 0 Å². The summed E-state index contributed by atoms with van der Waals surface area (Å²) in [6.45, 7) is 1.98. The number of fused-ring (bicyclic) bond motifs is 1. The van der Waals surface area contributed by atoms with E-state index in [0.29, 0.717) is 0 Å². The zero-order valence-corrected chi connectivity index (χ0v) is 10.8. The lowest BCUT2D eigenvalue weighted by Gasteiger charge is -2.10. The fourth-order valence-electron chi connectivity index (χ4n) is 1.97. The molecule has 1 aromatic carbocycles. The fourth-order valence-corrected chi connectivity index (χ4v) is 2.55. The number of aryl methyl sites for hydroxylation is 1. The zero-order valence-electron chi connectivity index (χ0n) is 9.97. The molecule has 3 N–H and O–H groups in total. The van der Waals surface area contributed by atoms with Gasteiger partial charge in [0.15, 0.2) is 0 Å². The molecule has 0 radical (unpaired) electrons. The average Bonchev–Trinajstić information content (AvgIpc) is 2.86. The second-order valence-electron chi connectivity index (χ2n) is 4.21. The van der Waals surface area contributed by atoms with E-state index in [4.69, 9.17) is 5.73 Å². The van der Waals surface area contributed by atoms with Gasteiger partial charge in [-0.1, -0.05) is 0 Å². The van der Waals surface area contributed by atoms with Crippen molar-refractivity contribution in [3.63, 3.8) is 0 Å². The maximum absolute atomic E-state index is 5.98. The van der Waals surface area contributed by atoms with Crippen molar-refractivity contribution in [2.75, 3.05) is 11.1 Å². The number of aromatic nitrogens is 1. The van der Waals surface area contributed by atoms with Crippen molar-refractivity contribution in [2.45, 2.75) is 6.92 Å². The molecule has 0 bridgehead atoms. The number of nitrogens with two attached hydrogens (primary N) is 1. The fraction of sp³-hybridized carbons (Fsp3) is 0.0714. The number of anilines is 3. The van der Waals surface area contributed by atoms with Gasteiger partial charge in [0.25, 0.3) is 0 Å². The van der Waals surface area contributed by atoms with Crippen molar-refractivity contribution < 1.29 is 0 Å². The number of thiophene rings is 1. The first kappa shape index (κ1) is 11.0. The average molecular weight is 255 g/mol. The SMILES string of the molecule is Cc1cc2c(Nc3ccsc3)ccc(N)c2cn1. The highest BCUT2D eigenvalue weighted by Crippen LogP contribution is 2.30. The molecule has 90 valence electrons. The highest BCUT2D eigenvalue weighted by molar-refractivity contribution is 7.08. The molecule has 0 unspecified atom stereocenters. The summed E-state index contributed by atoms with van der Waals surface area (Å²) in [5.74, 6) is 0. The van der Waals surface area contributed by atoms with Gasteiger partial charge in [-0.2, -0.15) is 11.3 Å². The number of pyridine rings is 1. The smallest absolute Gasteiger partial charge is 0.0493 e. The third-order valence-corrected chi connectivity index (χ3v) is 3.55. The van der Waals surface area contributed by atoms with E-state index in [9.17, 15) is 0 Å². The normalized spacial score (nSPS) is 10.7. The molecule has 2 aromatic heterocycles. The second-order valence-corrected chi connectivity index (χ2v) is 4.99. The van der Waals surface area contributed by atoms with Gasteiger partial charge in [0.2, 0.25) is 0 Å². The van der Waals surface area contributed by atoms with Crippen molar-refractivity contribution in [3.05, 3.63) is 46.9 Å². The van der Waals surface area contributed by atoms with E-state index in [1.54, 1.807) is 11.3 Å². The molecule has 0 spiro atoms. The number of hydrogen-bond donors (Lipinski definition) is 2. The summed E-state index contributed by atoms with van der Waals surface area (Å²) in [6.07, 6.45) is 1.83. The van der Waals surface area contributed by atoms with E-state index >= 15 is 0 Å². The zero-order chi connectivity index (χ0) is 12.5. The van der Waals surface area contributed by atoms with Crippen molar-refractivity contribution in [2.24, 2.45) is 0 Å².